The molecule has 3 fully saturated rings. The number of carbonyl (C=O) groups is 1. The van der Waals surface area contributed by atoms with E-state index in [1.165, 1.54) is 29.8 Å². The van der Waals surface area contributed by atoms with Gasteiger partial charge in [-0.05, 0) is 43.6 Å². The number of anilines is 1. The van der Waals surface area contributed by atoms with Crippen LogP contribution in [0.2, 0.25) is 0 Å². The first-order valence-corrected chi connectivity index (χ1v) is 9.02. The lowest BCUT2D eigenvalue weighted by atomic mass is 9.78. The van der Waals surface area contributed by atoms with Crippen molar-refractivity contribution < 1.29 is 4.79 Å². The summed E-state index contributed by atoms with van der Waals surface area (Å²) in [7, 11) is 4.09. The van der Waals surface area contributed by atoms with Gasteiger partial charge in [-0.1, -0.05) is 19.1 Å². The Labute approximate surface area is 143 Å². The first kappa shape index (κ1) is 15.6. The van der Waals surface area contributed by atoms with E-state index >= 15 is 0 Å². The summed E-state index contributed by atoms with van der Waals surface area (Å²) in [6.45, 7) is 4.19. The van der Waals surface area contributed by atoms with Crippen LogP contribution in [0.25, 0.3) is 0 Å². The molecule has 0 aliphatic carbocycles. The molecule has 0 N–H and O–H groups in total. The van der Waals surface area contributed by atoms with E-state index in [0.29, 0.717) is 12.3 Å². The Bertz CT molecular complexity index is 658. The van der Waals surface area contributed by atoms with Crippen molar-refractivity contribution in [3.8, 4) is 0 Å². The maximum Gasteiger partial charge on any atom is 0.243 e. The highest BCUT2D eigenvalue weighted by atomic mass is 16.2. The zero-order chi connectivity index (χ0) is 16.8. The molecule has 1 aromatic carbocycles. The van der Waals surface area contributed by atoms with E-state index in [1.54, 1.807) is 5.01 Å². The molecule has 0 saturated carbocycles. The Hall–Kier alpha value is -1.88. The van der Waals surface area contributed by atoms with E-state index in [1.807, 2.05) is 21.0 Å². The minimum Gasteiger partial charge on any atom is -0.378 e. The number of benzene rings is 1. The van der Waals surface area contributed by atoms with Crippen LogP contribution in [0.4, 0.5) is 5.69 Å². The lowest BCUT2D eigenvalue weighted by Gasteiger charge is -2.46. The standard InChI is InChI=1S/C19H26N4O/c1-4-16(24)23-18(14-5-7-15(8-6-14)21(2)3)19-17(20-23)13-9-11-22(19)12-10-13/h5-8,13,18-19H,4,9-12H2,1-3H3/t18-,19+/m1/s1. The molecule has 5 rings (SSSR count). The number of hydrogen-bond donors (Lipinski definition) is 0. The Morgan fingerprint density at radius 3 is 2.42 bits per heavy atom. The van der Waals surface area contributed by atoms with E-state index in [9.17, 15) is 4.79 Å². The van der Waals surface area contributed by atoms with Crippen molar-refractivity contribution in [2.24, 2.45) is 11.0 Å². The third kappa shape index (κ3) is 2.34. The summed E-state index contributed by atoms with van der Waals surface area (Å²) in [5.41, 5.74) is 3.62. The number of hydrazone groups is 1. The van der Waals surface area contributed by atoms with Gasteiger partial charge in [-0.15, -0.1) is 0 Å². The van der Waals surface area contributed by atoms with Crippen LogP contribution in [-0.4, -0.2) is 54.8 Å². The second-order valence-corrected chi connectivity index (χ2v) is 7.30. The molecule has 0 radical (unpaired) electrons. The topological polar surface area (TPSA) is 39.2 Å². The van der Waals surface area contributed by atoms with Crippen molar-refractivity contribution in [3.63, 3.8) is 0 Å². The average molecular weight is 326 g/mol. The normalized spacial score (nSPS) is 31.0. The van der Waals surface area contributed by atoms with Crippen LogP contribution in [-0.2, 0) is 4.79 Å². The van der Waals surface area contributed by atoms with Crippen LogP contribution in [0.5, 0.6) is 0 Å². The Morgan fingerprint density at radius 1 is 1.17 bits per heavy atom. The molecule has 4 aliphatic heterocycles. The predicted octanol–water partition coefficient (Wildman–Crippen LogP) is 2.50. The number of piperidine rings is 3. The monoisotopic (exact) mass is 326 g/mol. The molecule has 2 bridgehead atoms. The van der Waals surface area contributed by atoms with E-state index in [-0.39, 0.29) is 18.0 Å². The van der Waals surface area contributed by atoms with Crippen molar-refractivity contribution in [2.75, 3.05) is 32.1 Å². The van der Waals surface area contributed by atoms with Gasteiger partial charge in [-0.2, -0.15) is 5.10 Å². The SMILES string of the molecule is CCC(=O)N1N=C2C3CCN(CC3)[C@@H]2[C@H]1c1ccc(N(C)C)cc1. The summed E-state index contributed by atoms with van der Waals surface area (Å²) < 4.78 is 0. The van der Waals surface area contributed by atoms with Crippen LogP contribution in [0.15, 0.2) is 29.4 Å². The number of amides is 1. The fraction of sp³-hybridized carbons (Fsp3) is 0.579. The van der Waals surface area contributed by atoms with Crippen LogP contribution in [0.3, 0.4) is 0 Å². The Kier molecular flexibility index (Phi) is 3.83. The van der Waals surface area contributed by atoms with Crippen molar-refractivity contribution in [3.05, 3.63) is 29.8 Å². The summed E-state index contributed by atoms with van der Waals surface area (Å²) in [5, 5.41) is 6.61. The molecule has 2 atom stereocenters. The minimum atomic E-state index is 0.0340. The van der Waals surface area contributed by atoms with Gasteiger partial charge in [-0.3, -0.25) is 9.69 Å². The maximum atomic E-state index is 12.5. The van der Waals surface area contributed by atoms with Gasteiger partial charge in [0.15, 0.2) is 0 Å². The third-order valence-electron chi connectivity index (χ3n) is 5.74. The highest BCUT2D eigenvalue weighted by molar-refractivity contribution is 5.97. The molecular weight excluding hydrogens is 300 g/mol. The van der Waals surface area contributed by atoms with Gasteiger partial charge in [0.2, 0.25) is 5.91 Å². The molecule has 0 unspecified atom stereocenters. The molecule has 0 spiro atoms. The molecule has 0 aromatic heterocycles. The van der Waals surface area contributed by atoms with E-state index in [4.69, 9.17) is 5.10 Å². The van der Waals surface area contributed by atoms with E-state index < -0.39 is 0 Å². The smallest absolute Gasteiger partial charge is 0.243 e. The van der Waals surface area contributed by atoms with Crippen LogP contribution in [0.1, 0.15) is 37.8 Å². The van der Waals surface area contributed by atoms with E-state index in [0.717, 1.165) is 13.1 Å². The van der Waals surface area contributed by atoms with Gasteiger partial charge in [-0.25, -0.2) is 5.01 Å². The fourth-order valence-corrected chi connectivity index (χ4v) is 4.39. The van der Waals surface area contributed by atoms with Gasteiger partial charge < -0.3 is 4.90 Å². The van der Waals surface area contributed by atoms with Gasteiger partial charge in [0.1, 0.15) is 6.04 Å². The number of carbonyl (C=O) groups excluding carboxylic acids is 1. The molecule has 5 heteroatoms. The number of nitrogens with zero attached hydrogens (tertiary/aromatic N) is 4. The van der Waals surface area contributed by atoms with Crippen LogP contribution in [0, 0.1) is 5.92 Å². The molecule has 3 saturated heterocycles. The van der Waals surface area contributed by atoms with Gasteiger partial charge >= 0.3 is 0 Å². The molecular formula is C19H26N4O. The van der Waals surface area contributed by atoms with Gasteiger partial charge in [0, 0.05) is 32.1 Å². The molecule has 24 heavy (non-hydrogen) atoms. The first-order chi connectivity index (χ1) is 11.6. The largest absolute Gasteiger partial charge is 0.378 e. The lowest BCUT2D eigenvalue weighted by molar-refractivity contribution is -0.133. The maximum absolute atomic E-state index is 12.5. The quantitative estimate of drug-likeness (QED) is 0.857. The van der Waals surface area contributed by atoms with Gasteiger partial charge in [0.25, 0.3) is 0 Å². The second-order valence-electron chi connectivity index (χ2n) is 7.30. The number of fused-ring (bicyclic) bond motifs is 2. The van der Waals surface area contributed by atoms with Gasteiger partial charge in [0.05, 0.1) is 11.8 Å². The zero-order valence-corrected chi connectivity index (χ0v) is 14.8. The summed E-state index contributed by atoms with van der Waals surface area (Å²) in [4.78, 5) is 17.2. The third-order valence-corrected chi connectivity index (χ3v) is 5.74. The van der Waals surface area contributed by atoms with Crippen molar-refractivity contribution >= 4 is 17.3 Å². The molecule has 4 heterocycles. The second kappa shape index (κ2) is 5.88. The first-order valence-electron chi connectivity index (χ1n) is 9.02. The lowest BCUT2D eigenvalue weighted by Crippen LogP contribution is -2.56. The predicted molar refractivity (Wildman–Crippen MR) is 96.2 cm³/mol. The highest BCUT2D eigenvalue weighted by Gasteiger charge is 2.50. The molecule has 1 aromatic rings. The summed E-state index contributed by atoms with van der Waals surface area (Å²) in [6, 6.07) is 8.91. The van der Waals surface area contributed by atoms with Crippen molar-refractivity contribution in [2.45, 2.75) is 38.3 Å². The van der Waals surface area contributed by atoms with E-state index in [2.05, 4.69) is 34.1 Å². The Balaban J connectivity index is 1.72. The Morgan fingerprint density at radius 2 is 1.83 bits per heavy atom. The highest BCUT2D eigenvalue weighted by Crippen LogP contribution is 2.43. The average Bonchev–Trinajstić information content (AvgIpc) is 3.04. The van der Waals surface area contributed by atoms with Crippen molar-refractivity contribution in [1.82, 2.24) is 9.91 Å². The minimum absolute atomic E-state index is 0.0340. The number of hydrogen-bond acceptors (Lipinski definition) is 4. The molecule has 128 valence electrons. The van der Waals surface area contributed by atoms with Crippen LogP contribution < -0.4 is 4.90 Å². The summed E-state index contributed by atoms with van der Waals surface area (Å²) in [5.74, 6) is 0.692. The number of rotatable bonds is 3. The summed E-state index contributed by atoms with van der Waals surface area (Å²) >= 11 is 0. The fourth-order valence-electron chi connectivity index (χ4n) is 4.39. The molecule has 4 aliphatic rings. The summed E-state index contributed by atoms with van der Waals surface area (Å²) in [6.07, 6.45) is 2.88. The van der Waals surface area contributed by atoms with Crippen LogP contribution >= 0.6 is 0 Å². The molecule has 1 amide bonds. The molecule has 5 nitrogen and oxygen atoms in total. The van der Waals surface area contributed by atoms with Crippen molar-refractivity contribution in [1.29, 1.82) is 0 Å². The zero-order valence-electron chi connectivity index (χ0n) is 14.8.